The maximum Gasteiger partial charge on any atom is 0.339 e. The summed E-state index contributed by atoms with van der Waals surface area (Å²) < 4.78 is 0. The second-order valence-corrected chi connectivity index (χ2v) is 7.36. The molecule has 0 saturated heterocycles. The molecule has 3 rings (SSSR count). The number of carbonyl (C=O) groups is 2. The van der Waals surface area contributed by atoms with E-state index in [1.165, 1.54) is 16.9 Å². The minimum Gasteiger partial charge on any atom is -0.478 e. The first-order valence-corrected chi connectivity index (χ1v) is 9.09. The first-order valence-electron chi connectivity index (χ1n) is 8.28. The molecule has 0 spiro atoms. The lowest BCUT2D eigenvalue weighted by Gasteiger charge is -2.10. The van der Waals surface area contributed by atoms with Gasteiger partial charge in [0.2, 0.25) is 5.91 Å². The van der Waals surface area contributed by atoms with E-state index in [1.54, 1.807) is 0 Å². The first kappa shape index (κ1) is 16.7. The maximum absolute atomic E-state index is 12.2. The standard InChI is InChI=1S/C19H21NO3S/c1-12-6-8-13(9-7-12)10-11-16(21)20-18-17(19(22)23)14-4-2-3-5-15(14)24-18/h6-9H,2-5,10-11H2,1H3,(H,20,21)(H,22,23). The van der Waals surface area contributed by atoms with E-state index < -0.39 is 5.97 Å². The number of hydrogen-bond acceptors (Lipinski definition) is 3. The molecule has 1 aromatic heterocycles. The van der Waals surface area contributed by atoms with Crippen LogP contribution in [-0.2, 0) is 24.1 Å². The molecule has 4 nitrogen and oxygen atoms in total. The fourth-order valence-corrected chi connectivity index (χ4v) is 4.38. The van der Waals surface area contributed by atoms with Crippen LogP contribution < -0.4 is 5.32 Å². The van der Waals surface area contributed by atoms with Crippen LogP contribution in [-0.4, -0.2) is 17.0 Å². The summed E-state index contributed by atoms with van der Waals surface area (Å²) in [5, 5.41) is 12.8. The lowest BCUT2D eigenvalue weighted by molar-refractivity contribution is -0.116. The molecule has 2 aromatic rings. The molecule has 1 aliphatic rings. The molecule has 0 fully saturated rings. The number of hydrogen-bond donors (Lipinski definition) is 2. The van der Waals surface area contributed by atoms with Crippen LogP contribution in [0.1, 0.15) is 51.2 Å². The Bertz CT molecular complexity index is 762. The van der Waals surface area contributed by atoms with Gasteiger partial charge in [0.25, 0.3) is 0 Å². The summed E-state index contributed by atoms with van der Waals surface area (Å²) in [6.45, 7) is 2.03. The monoisotopic (exact) mass is 343 g/mol. The topological polar surface area (TPSA) is 66.4 Å². The van der Waals surface area contributed by atoms with Gasteiger partial charge in [0.15, 0.2) is 0 Å². The van der Waals surface area contributed by atoms with E-state index in [0.29, 0.717) is 23.4 Å². The fraction of sp³-hybridized carbons (Fsp3) is 0.368. The SMILES string of the molecule is Cc1ccc(CCC(=O)Nc2sc3c(c2C(=O)O)CCCC3)cc1. The molecule has 1 aliphatic carbocycles. The molecule has 24 heavy (non-hydrogen) atoms. The zero-order valence-electron chi connectivity index (χ0n) is 13.7. The maximum atomic E-state index is 12.2. The molecule has 2 N–H and O–H groups in total. The summed E-state index contributed by atoms with van der Waals surface area (Å²) in [5.74, 6) is -1.07. The molecule has 126 valence electrons. The lowest BCUT2D eigenvalue weighted by atomic mass is 9.95. The number of benzene rings is 1. The molecule has 1 heterocycles. The minimum atomic E-state index is -0.941. The second kappa shape index (κ2) is 7.18. The van der Waals surface area contributed by atoms with Crippen molar-refractivity contribution in [1.29, 1.82) is 0 Å². The van der Waals surface area contributed by atoms with E-state index in [9.17, 15) is 14.7 Å². The van der Waals surface area contributed by atoms with Crippen molar-refractivity contribution in [3.63, 3.8) is 0 Å². The van der Waals surface area contributed by atoms with Crippen LogP contribution in [0.15, 0.2) is 24.3 Å². The van der Waals surface area contributed by atoms with Crippen LogP contribution in [0.25, 0.3) is 0 Å². The first-order chi connectivity index (χ1) is 11.5. The number of rotatable bonds is 5. The quantitative estimate of drug-likeness (QED) is 0.855. The number of nitrogens with one attached hydrogen (secondary N) is 1. The Balaban J connectivity index is 1.69. The van der Waals surface area contributed by atoms with Gasteiger partial charge in [0, 0.05) is 11.3 Å². The average molecular weight is 343 g/mol. The van der Waals surface area contributed by atoms with Gasteiger partial charge in [-0.15, -0.1) is 11.3 Å². The molecular formula is C19H21NO3S. The van der Waals surface area contributed by atoms with Crippen molar-refractivity contribution in [2.45, 2.75) is 45.4 Å². The summed E-state index contributed by atoms with van der Waals surface area (Å²) in [5.41, 5.74) is 3.53. The molecule has 0 radical (unpaired) electrons. The van der Waals surface area contributed by atoms with Crippen LogP contribution >= 0.6 is 11.3 Å². The number of aryl methyl sites for hydroxylation is 3. The summed E-state index contributed by atoms with van der Waals surface area (Å²) in [6, 6.07) is 8.11. The van der Waals surface area contributed by atoms with Gasteiger partial charge in [-0.05, 0) is 50.2 Å². The summed E-state index contributed by atoms with van der Waals surface area (Å²) >= 11 is 1.43. The van der Waals surface area contributed by atoms with Gasteiger partial charge < -0.3 is 10.4 Å². The Kier molecular flexibility index (Phi) is 5.00. The Hall–Kier alpha value is -2.14. The van der Waals surface area contributed by atoms with E-state index in [2.05, 4.69) is 5.32 Å². The Morgan fingerprint density at radius 1 is 1.17 bits per heavy atom. The van der Waals surface area contributed by atoms with Gasteiger partial charge in [-0.1, -0.05) is 29.8 Å². The van der Waals surface area contributed by atoms with E-state index in [4.69, 9.17) is 0 Å². The van der Waals surface area contributed by atoms with Crippen LogP contribution in [0.3, 0.4) is 0 Å². The van der Waals surface area contributed by atoms with Crippen molar-refractivity contribution in [3.05, 3.63) is 51.4 Å². The smallest absolute Gasteiger partial charge is 0.339 e. The van der Waals surface area contributed by atoms with Gasteiger partial charge in [-0.25, -0.2) is 4.79 Å². The number of fused-ring (bicyclic) bond motifs is 1. The molecule has 0 unspecified atom stereocenters. The highest BCUT2D eigenvalue weighted by atomic mass is 32.1. The number of thiophene rings is 1. The molecule has 5 heteroatoms. The van der Waals surface area contributed by atoms with E-state index >= 15 is 0 Å². The van der Waals surface area contributed by atoms with Gasteiger partial charge in [0.1, 0.15) is 5.00 Å². The highest BCUT2D eigenvalue weighted by Crippen LogP contribution is 2.38. The average Bonchev–Trinajstić information content (AvgIpc) is 2.92. The number of amides is 1. The highest BCUT2D eigenvalue weighted by Gasteiger charge is 2.25. The number of anilines is 1. The van der Waals surface area contributed by atoms with Crippen LogP contribution in [0.5, 0.6) is 0 Å². The molecule has 1 aromatic carbocycles. The zero-order valence-corrected chi connectivity index (χ0v) is 14.5. The molecule has 0 aliphatic heterocycles. The summed E-state index contributed by atoms with van der Waals surface area (Å²) in [4.78, 5) is 25.0. The zero-order chi connectivity index (χ0) is 17.1. The largest absolute Gasteiger partial charge is 0.478 e. The molecule has 0 saturated carbocycles. The van der Waals surface area contributed by atoms with Crippen LogP contribution in [0.2, 0.25) is 0 Å². The molecule has 1 amide bonds. The van der Waals surface area contributed by atoms with Gasteiger partial charge >= 0.3 is 5.97 Å². The van der Waals surface area contributed by atoms with Gasteiger partial charge in [0.05, 0.1) is 5.56 Å². The minimum absolute atomic E-state index is 0.128. The van der Waals surface area contributed by atoms with Crippen molar-refractivity contribution in [2.24, 2.45) is 0 Å². The van der Waals surface area contributed by atoms with Crippen molar-refractivity contribution in [2.75, 3.05) is 5.32 Å². The predicted molar refractivity (Wildman–Crippen MR) is 96.1 cm³/mol. The normalized spacial score (nSPS) is 13.4. The number of carbonyl (C=O) groups excluding carboxylic acids is 1. The van der Waals surface area contributed by atoms with E-state index in [1.807, 2.05) is 31.2 Å². The molecule has 0 atom stereocenters. The highest BCUT2D eigenvalue weighted by molar-refractivity contribution is 7.17. The van der Waals surface area contributed by atoms with Crippen LogP contribution in [0, 0.1) is 6.92 Å². The van der Waals surface area contributed by atoms with Gasteiger partial charge in [-0.2, -0.15) is 0 Å². The van der Waals surface area contributed by atoms with E-state index in [-0.39, 0.29) is 5.91 Å². The van der Waals surface area contributed by atoms with Crippen LogP contribution in [0.4, 0.5) is 5.00 Å². The second-order valence-electron chi connectivity index (χ2n) is 6.25. The Morgan fingerprint density at radius 3 is 2.58 bits per heavy atom. The van der Waals surface area contributed by atoms with Crippen molar-refractivity contribution < 1.29 is 14.7 Å². The third-order valence-electron chi connectivity index (χ3n) is 4.40. The summed E-state index contributed by atoms with van der Waals surface area (Å²) in [7, 11) is 0. The van der Waals surface area contributed by atoms with Crippen molar-refractivity contribution in [3.8, 4) is 0 Å². The third kappa shape index (κ3) is 3.67. The van der Waals surface area contributed by atoms with Crippen molar-refractivity contribution in [1.82, 2.24) is 0 Å². The number of aromatic carboxylic acids is 1. The molecule has 0 bridgehead atoms. The Labute approximate surface area is 145 Å². The van der Waals surface area contributed by atoms with Gasteiger partial charge in [-0.3, -0.25) is 4.79 Å². The summed E-state index contributed by atoms with van der Waals surface area (Å²) in [6.07, 6.45) is 4.83. The lowest BCUT2D eigenvalue weighted by Crippen LogP contribution is -2.14. The third-order valence-corrected chi connectivity index (χ3v) is 5.61. The number of carboxylic acid groups (broad SMARTS) is 1. The van der Waals surface area contributed by atoms with E-state index in [0.717, 1.165) is 41.7 Å². The predicted octanol–water partition coefficient (Wildman–Crippen LogP) is 4.20. The molecular weight excluding hydrogens is 322 g/mol. The fourth-order valence-electron chi connectivity index (χ4n) is 3.08. The Morgan fingerprint density at radius 2 is 1.88 bits per heavy atom. The van der Waals surface area contributed by atoms with Crippen molar-refractivity contribution >= 4 is 28.2 Å². The number of carboxylic acids is 1.